The Labute approximate surface area is 330 Å². The molecule has 3 aliphatic heterocycles. The van der Waals surface area contributed by atoms with Crippen LogP contribution in [-0.4, -0.2) is 107 Å². The highest BCUT2D eigenvalue weighted by molar-refractivity contribution is 6.78. The quantitative estimate of drug-likeness (QED) is 0.0266. The molecule has 7 unspecified atom stereocenters. The molecular weight excluding hydrogens is 701 g/mol. The fourth-order valence-corrected chi connectivity index (χ4v) is 13.4. The van der Waals surface area contributed by atoms with Crippen LogP contribution in [0.15, 0.2) is 0 Å². The molecule has 3 heterocycles. The van der Waals surface area contributed by atoms with Crippen molar-refractivity contribution in [2.45, 2.75) is 254 Å². The van der Waals surface area contributed by atoms with Gasteiger partial charge in [0.05, 0.1) is 33.5 Å². The summed E-state index contributed by atoms with van der Waals surface area (Å²) in [6.07, 6.45) is 23.2. The van der Waals surface area contributed by atoms with Gasteiger partial charge < -0.3 is 40.1 Å². The Balaban J connectivity index is 1.36. The second-order valence-corrected chi connectivity index (χ2v) is 23.1. The molecule has 0 aromatic carbocycles. The van der Waals surface area contributed by atoms with E-state index in [4.69, 9.17) is 9.47 Å². The van der Waals surface area contributed by atoms with E-state index in [0.717, 1.165) is 38.5 Å². The lowest BCUT2D eigenvalue weighted by Gasteiger charge is -2.40. The third-order valence-electron chi connectivity index (χ3n) is 13.2. The van der Waals surface area contributed by atoms with Gasteiger partial charge in [-0.2, -0.15) is 0 Å². The first-order chi connectivity index (χ1) is 26.2. The molecule has 8 N–H and O–H groups in total. The van der Waals surface area contributed by atoms with Crippen molar-refractivity contribution in [1.29, 1.82) is 0 Å². The summed E-state index contributed by atoms with van der Waals surface area (Å²) >= 11 is 0. The number of unbranched alkanes of at least 4 members (excludes halogenated alkanes) is 18. The first kappa shape index (κ1) is 48.2. The van der Waals surface area contributed by atoms with E-state index in [1.165, 1.54) is 122 Å². The molecule has 0 spiro atoms. The molecule has 0 aromatic heterocycles. The third-order valence-corrected chi connectivity index (χ3v) is 17.8. The van der Waals surface area contributed by atoms with E-state index in [2.05, 4.69) is 24.3 Å². The standard InChI is InChI=1S/C43H86N2O8Si/c1-3-4-5-6-7-8-9-10-11-15-18-22-27-37(47)39(48)35(33-52-43-42(51)41(50)40(49)38(32-46)53-43)36-31-34(44-45-36)26-21-17-14-12-13-16-19-23-28-54(2)29-24-20-25-30-54/h34-51H,3-33H2,1-2H3/t34?,35-,36?,37-,38?,39+,40?,41?,42?,43?/m1/s1. The lowest BCUT2D eigenvalue weighted by molar-refractivity contribution is -0.305. The monoisotopic (exact) mass is 787 g/mol. The van der Waals surface area contributed by atoms with Gasteiger partial charge in [-0.1, -0.05) is 179 Å². The molecule has 54 heavy (non-hydrogen) atoms. The van der Waals surface area contributed by atoms with Gasteiger partial charge in [-0.25, -0.2) is 0 Å². The van der Waals surface area contributed by atoms with Gasteiger partial charge in [-0.05, 0) is 19.3 Å². The van der Waals surface area contributed by atoms with Crippen LogP contribution in [0, 0.1) is 5.92 Å². The van der Waals surface area contributed by atoms with Gasteiger partial charge in [0.1, 0.15) is 24.4 Å². The summed E-state index contributed by atoms with van der Waals surface area (Å²) in [5.41, 5.74) is 6.79. The molecule has 10 nitrogen and oxygen atoms in total. The number of aliphatic hydroxyl groups excluding tert-OH is 6. The van der Waals surface area contributed by atoms with Gasteiger partial charge >= 0.3 is 0 Å². The van der Waals surface area contributed by atoms with Gasteiger partial charge in [0.25, 0.3) is 0 Å². The van der Waals surface area contributed by atoms with Crippen LogP contribution in [-0.2, 0) is 9.47 Å². The Morgan fingerprint density at radius 2 is 1.24 bits per heavy atom. The van der Waals surface area contributed by atoms with Gasteiger partial charge in [0.2, 0.25) is 0 Å². The number of hydrazine groups is 1. The first-order valence-electron chi connectivity index (χ1n) is 23.0. The van der Waals surface area contributed by atoms with Gasteiger partial charge in [-0.15, -0.1) is 0 Å². The molecule has 10 atom stereocenters. The summed E-state index contributed by atoms with van der Waals surface area (Å²) in [6, 6.07) is 4.75. The minimum absolute atomic E-state index is 0.0349. The third kappa shape index (κ3) is 18.2. The van der Waals surface area contributed by atoms with Crippen molar-refractivity contribution < 1.29 is 40.1 Å². The summed E-state index contributed by atoms with van der Waals surface area (Å²) in [7, 11) is -0.887. The second kappa shape index (κ2) is 28.3. The van der Waals surface area contributed by atoms with E-state index in [1.54, 1.807) is 18.1 Å². The molecule has 0 aromatic rings. The molecule has 320 valence electrons. The maximum absolute atomic E-state index is 11.5. The van der Waals surface area contributed by atoms with Crippen LogP contribution in [0.5, 0.6) is 0 Å². The van der Waals surface area contributed by atoms with Gasteiger partial charge in [0.15, 0.2) is 6.29 Å². The Kier molecular flexibility index (Phi) is 25.2. The Morgan fingerprint density at radius 3 is 1.83 bits per heavy atom. The van der Waals surface area contributed by atoms with E-state index in [1.807, 2.05) is 0 Å². The zero-order valence-corrected chi connectivity index (χ0v) is 35.7. The van der Waals surface area contributed by atoms with Crippen LogP contribution in [0.25, 0.3) is 0 Å². The van der Waals surface area contributed by atoms with E-state index in [9.17, 15) is 30.6 Å². The number of ether oxygens (including phenoxy) is 2. The average Bonchev–Trinajstić information content (AvgIpc) is 3.64. The maximum Gasteiger partial charge on any atom is 0.186 e. The summed E-state index contributed by atoms with van der Waals surface area (Å²) in [4.78, 5) is 0. The number of nitrogens with one attached hydrogen (secondary N) is 2. The molecule has 11 heteroatoms. The van der Waals surface area contributed by atoms with Crippen molar-refractivity contribution in [3.63, 3.8) is 0 Å². The number of aliphatic hydroxyl groups is 6. The lowest BCUT2D eigenvalue weighted by Crippen LogP contribution is -2.59. The van der Waals surface area contributed by atoms with Crippen LogP contribution in [0.4, 0.5) is 0 Å². The first-order valence-corrected chi connectivity index (χ1v) is 26.1. The topological polar surface area (TPSA) is 164 Å². The number of hydrogen-bond donors (Lipinski definition) is 8. The molecule has 3 aliphatic rings. The van der Waals surface area contributed by atoms with E-state index < -0.39 is 63.5 Å². The van der Waals surface area contributed by atoms with Crippen molar-refractivity contribution in [1.82, 2.24) is 10.9 Å². The van der Waals surface area contributed by atoms with Gasteiger partial charge in [0, 0.05) is 18.0 Å². The zero-order valence-electron chi connectivity index (χ0n) is 34.7. The summed E-state index contributed by atoms with van der Waals surface area (Å²) in [5.74, 6) is -0.509. The highest BCUT2D eigenvalue weighted by atomic mass is 28.3. The predicted molar refractivity (Wildman–Crippen MR) is 221 cm³/mol. The van der Waals surface area contributed by atoms with Crippen LogP contribution in [0.2, 0.25) is 24.7 Å². The van der Waals surface area contributed by atoms with E-state index >= 15 is 0 Å². The Hall–Kier alpha value is -0.183. The average molecular weight is 787 g/mol. The lowest BCUT2D eigenvalue weighted by atomic mass is 9.86. The Morgan fingerprint density at radius 1 is 0.685 bits per heavy atom. The molecule has 3 rings (SSSR count). The fraction of sp³-hybridized carbons (Fsp3) is 1.00. The largest absolute Gasteiger partial charge is 0.394 e. The van der Waals surface area contributed by atoms with Crippen LogP contribution >= 0.6 is 0 Å². The predicted octanol–water partition coefficient (Wildman–Crippen LogP) is 7.24. The highest BCUT2D eigenvalue weighted by Crippen LogP contribution is 2.33. The highest BCUT2D eigenvalue weighted by Gasteiger charge is 2.45. The van der Waals surface area contributed by atoms with Crippen molar-refractivity contribution >= 4 is 8.07 Å². The smallest absolute Gasteiger partial charge is 0.186 e. The SMILES string of the molecule is CCCCCCCCCCCCCC[C@@H](O)[C@@H](O)[C@H](COC1OC(CO)C(O)C(O)C1O)C1CC(CCCCCCCCCC[Si]2(C)CCCCC2)NN1. The zero-order chi connectivity index (χ0) is 39.0. The van der Waals surface area contributed by atoms with Crippen LogP contribution in [0.1, 0.15) is 174 Å². The number of rotatable bonds is 31. The molecule has 0 amide bonds. The summed E-state index contributed by atoms with van der Waals surface area (Å²) < 4.78 is 11.5. The van der Waals surface area contributed by atoms with Gasteiger partial charge in [-0.3, -0.25) is 10.9 Å². The minimum Gasteiger partial charge on any atom is -0.394 e. The van der Waals surface area contributed by atoms with Crippen molar-refractivity contribution in [3.8, 4) is 0 Å². The second-order valence-electron chi connectivity index (χ2n) is 18.0. The Bertz CT molecular complexity index is 915. The molecular formula is C43H86N2O8Si. The van der Waals surface area contributed by atoms with Crippen LogP contribution < -0.4 is 10.9 Å². The molecule has 3 fully saturated rings. The van der Waals surface area contributed by atoms with E-state index in [0.29, 0.717) is 6.42 Å². The van der Waals surface area contributed by atoms with Crippen molar-refractivity contribution in [3.05, 3.63) is 0 Å². The number of hydrogen-bond acceptors (Lipinski definition) is 10. The molecule has 0 bridgehead atoms. The summed E-state index contributed by atoms with van der Waals surface area (Å²) in [6.45, 7) is 4.33. The maximum atomic E-state index is 11.5. The van der Waals surface area contributed by atoms with E-state index in [-0.39, 0.29) is 18.7 Å². The van der Waals surface area contributed by atoms with Crippen LogP contribution in [0.3, 0.4) is 0 Å². The summed E-state index contributed by atoms with van der Waals surface area (Å²) in [5, 5.41) is 63.3. The molecule has 3 saturated heterocycles. The normalized spacial score (nSPS) is 29.0. The van der Waals surface area contributed by atoms with Crippen molar-refractivity contribution in [2.75, 3.05) is 13.2 Å². The fourth-order valence-electron chi connectivity index (χ4n) is 9.29. The molecule has 0 saturated carbocycles. The minimum atomic E-state index is -1.53. The molecule has 0 aliphatic carbocycles. The van der Waals surface area contributed by atoms with Crippen molar-refractivity contribution in [2.24, 2.45) is 5.92 Å². The molecule has 0 radical (unpaired) electrons.